The highest BCUT2D eigenvalue weighted by Crippen LogP contribution is 2.25. The van der Waals surface area contributed by atoms with Gasteiger partial charge in [-0.05, 0) is 61.2 Å². The monoisotopic (exact) mass is 451 g/mol. The van der Waals surface area contributed by atoms with Gasteiger partial charge in [0, 0.05) is 21.5 Å². The SMILES string of the molecule is Cl.Clc1ccc(-c2c[n+](Cc3ccc(Br)cc3)c3n2CCCCC3)cc1. The Kier molecular flexibility index (Phi) is 6.44. The minimum Gasteiger partial charge on any atom is -0.229 e. The summed E-state index contributed by atoms with van der Waals surface area (Å²) in [6, 6.07) is 16.8. The molecule has 0 fully saturated rings. The quantitative estimate of drug-likeness (QED) is 0.427. The van der Waals surface area contributed by atoms with Crippen molar-refractivity contribution in [3.8, 4) is 11.3 Å². The molecule has 1 aliphatic heterocycles. The van der Waals surface area contributed by atoms with Crippen molar-refractivity contribution in [1.82, 2.24) is 4.57 Å². The predicted octanol–water partition coefficient (Wildman–Crippen LogP) is 6.06. The Bertz CT molecular complexity index is 870. The first-order valence-corrected chi connectivity index (χ1v) is 10.00. The maximum absolute atomic E-state index is 6.08. The molecule has 3 aromatic rings. The van der Waals surface area contributed by atoms with Crippen LogP contribution in [-0.4, -0.2) is 4.57 Å². The second kappa shape index (κ2) is 8.60. The Morgan fingerprint density at radius 3 is 2.42 bits per heavy atom. The molecule has 2 nitrogen and oxygen atoms in total. The van der Waals surface area contributed by atoms with E-state index in [2.05, 4.69) is 67.7 Å². The van der Waals surface area contributed by atoms with Gasteiger partial charge in [-0.3, -0.25) is 0 Å². The molecule has 0 bridgehead atoms. The molecule has 0 atom stereocenters. The minimum absolute atomic E-state index is 0. The fourth-order valence-corrected chi connectivity index (χ4v) is 4.01. The largest absolute Gasteiger partial charge is 0.257 e. The number of nitrogens with zero attached hydrogens (tertiary/aromatic N) is 2. The van der Waals surface area contributed by atoms with E-state index >= 15 is 0 Å². The summed E-state index contributed by atoms with van der Waals surface area (Å²) in [7, 11) is 0. The van der Waals surface area contributed by atoms with Crippen LogP contribution in [0.2, 0.25) is 5.02 Å². The number of halogens is 3. The maximum atomic E-state index is 6.08. The first kappa shape index (κ1) is 19.5. The summed E-state index contributed by atoms with van der Waals surface area (Å²) < 4.78 is 6.06. The first-order chi connectivity index (χ1) is 12.2. The van der Waals surface area contributed by atoms with Crippen LogP contribution in [0.25, 0.3) is 11.3 Å². The first-order valence-electron chi connectivity index (χ1n) is 8.83. The molecule has 4 rings (SSSR count). The van der Waals surface area contributed by atoms with Gasteiger partial charge in [-0.1, -0.05) is 39.7 Å². The Morgan fingerprint density at radius 2 is 1.69 bits per heavy atom. The molecule has 0 radical (unpaired) electrons. The number of fused-ring (bicyclic) bond motifs is 1. The Morgan fingerprint density at radius 1 is 0.962 bits per heavy atom. The summed E-state index contributed by atoms with van der Waals surface area (Å²) in [5.41, 5.74) is 3.86. The molecule has 0 amide bonds. The third-order valence-electron chi connectivity index (χ3n) is 4.90. The lowest BCUT2D eigenvalue weighted by molar-refractivity contribution is -0.695. The third kappa shape index (κ3) is 4.16. The highest BCUT2D eigenvalue weighted by atomic mass is 79.9. The van der Waals surface area contributed by atoms with E-state index in [1.165, 1.54) is 41.9 Å². The number of aromatic nitrogens is 2. The summed E-state index contributed by atoms with van der Waals surface area (Å²) in [6.07, 6.45) is 7.28. The Balaban J connectivity index is 0.00000196. The third-order valence-corrected chi connectivity index (χ3v) is 5.68. The molecule has 136 valence electrons. The molecule has 0 unspecified atom stereocenters. The fourth-order valence-electron chi connectivity index (χ4n) is 3.62. The van der Waals surface area contributed by atoms with E-state index in [1.54, 1.807) is 0 Å². The van der Waals surface area contributed by atoms with Crippen LogP contribution < -0.4 is 4.57 Å². The van der Waals surface area contributed by atoms with E-state index in [-0.39, 0.29) is 12.4 Å². The van der Waals surface area contributed by atoms with Gasteiger partial charge < -0.3 is 0 Å². The van der Waals surface area contributed by atoms with Crippen LogP contribution in [-0.2, 0) is 19.5 Å². The molecular weight excluding hydrogens is 431 g/mol. The zero-order valence-electron chi connectivity index (χ0n) is 14.5. The van der Waals surface area contributed by atoms with Gasteiger partial charge in [0.1, 0.15) is 12.7 Å². The molecule has 5 heteroatoms. The zero-order chi connectivity index (χ0) is 17.2. The van der Waals surface area contributed by atoms with Crippen LogP contribution in [0.4, 0.5) is 0 Å². The maximum Gasteiger partial charge on any atom is 0.257 e. The van der Waals surface area contributed by atoms with Crippen molar-refractivity contribution in [1.29, 1.82) is 0 Å². The molecule has 2 heterocycles. The Labute approximate surface area is 174 Å². The summed E-state index contributed by atoms with van der Waals surface area (Å²) in [5.74, 6) is 1.44. The molecule has 0 N–H and O–H groups in total. The predicted molar refractivity (Wildman–Crippen MR) is 113 cm³/mol. The van der Waals surface area contributed by atoms with Crippen molar-refractivity contribution in [2.24, 2.45) is 0 Å². The average Bonchev–Trinajstić information content (AvgIpc) is 2.80. The van der Waals surface area contributed by atoms with Crippen LogP contribution >= 0.6 is 39.9 Å². The van der Waals surface area contributed by atoms with Gasteiger partial charge >= 0.3 is 0 Å². The van der Waals surface area contributed by atoms with Crippen molar-refractivity contribution in [2.45, 2.75) is 38.8 Å². The van der Waals surface area contributed by atoms with Gasteiger partial charge in [0.25, 0.3) is 5.82 Å². The van der Waals surface area contributed by atoms with Crippen molar-refractivity contribution >= 4 is 39.9 Å². The molecule has 1 aliphatic rings. The van der Waals surface area contributed by atoms with Gasteiger partial charge in [-0.25, -0.2) is 9.13 Å². The summed E-state index contributed by atoms with van der Waals surface area (Å²) in [4.78, 5) is 0. The van der Waals surface area contributed by atoms with Crippen LogP contribution in [0.3, 0.4) is 0 Å². The number of benzene rings is 2. The molecule has 26 heavy (non-hydrogen) atoms. The fraction of sp³-hybridized carbons (Fsp3) is 0.286. The van der Waals surface area contributed by atoms with Crippen molar-refractivity contribution in [3.63, 3.8) is 0 Å². The molecule has 0 saturated carbocycles. The lowest BCUT2D eigenvalue weighted by Gasteiger charge is -2.03. The van der Waals surface area contributed by atoms with Crippen molar-refractivity contribution in [2.75, 3.05) is 0 Å². The van der Waals surface area contributed by atoms with Gasteiger partial charge in [-0.2, -0.15) is 0 Å². The van der Waals surface area contributed by atoms with Crippen LogP contribution in [0.5, 0.6) is 0 Å². The number of hydrogen-bond acceptors (Lipinski definition) is 0. The van der Waals surface area contributed by atoms with E-state index in [1.807, 2.05) is 12.1 Å². The van der Waals surface area contributed by atoms with Crippen LogP contribution in [0, 0.1) is 0 Å². The molecule has 2 aromatic carbocycles. The lowest BCUT2D eigenvalue weighted by Crippen LogP contribution is -2.37. The normalized spacial score (nSPS) is 13.6. The van der Waals surface area contributed by atoms with Crippen LogP contribution in [0.1, 0.15) is 30.7 Å². The topological polar surface area (TPSA) is 8.81 Å². The molecule has 1 aromatic heterocycles. The molecule has 0 spiro atoms. The van der Waals surface area contributed by atoms with Crippen molar-refractivity contribution < 1.29 is 4.57 Å². The number of rotatable bonds is 3. The van der Waals surface area contributed by atoms with Gasteiger partial charge in [0.2, 0.25) is 0 Å². The smallest absolute Gasteiger partial charge is 0.229 e. The van der Waals surface area contributed by atoms with Crippen LogP contribution in [0.15, 0.2) is 59.2 Å². The summed E-state index contributed by atoms with van der Waals surface area (Å²) >= 11 is 9.60. The second-order valence-corrected chi connectivity index (χ2v) is 8.01. The molecule has 0 saturated heterocycles. The highest BCUT2D eigenvalue weighted by molar-refractivity contribution is 9.10. The zero-order valence-corrected chi connectivity index (χ0v) is 17.7. The highest BCUT2D eigenvalue weighted by Gasteiger charge is 2.25. The Hall–Kier alpha value is -1.29. The van der Waals surface area contributed by atoms with E-state index in [0.29, 0.717) is 0 Å². The van der Waals surface area contributed by atoms with E-state index in [0.717, 1.165) is 29.0 Å². The van der Waals surface area contributed by atoms with Gasteiger partial charge in [0.15, 0.2) is 5.69 Å². The number of imidazole rings is 1. The standard InChI is InChI=1S/C21H21BrClN2.ClH/c22-18-9-5-16(6-10-18)14-24-15-20(17-7-11-19(23)12-8-17)25-13-3-1-2-4-21(24)25;/h5-12,15H,1-4,13-14H2;1H/q+1;. The van der Waals surface area contributed by atoms with Gasteiger partial charge in [-0.15, -0.1) is 12.4 Å². The minimum atomic E-state index is 0. The molecule has 0 aliphatic carbocycles. The second-order valence-electron chi connectivity index (χ2n) is 6.65. The van der Waals surface area contributed by atoms with Gasteiger partial charge in [0.05, 0.1) is 6.54 Å². The molecular formula is C21H22BrCl2N2+. The number of hydrogen-bond donors (Lipinski definition) is 0. The average molecular weight is 453 g/mol. The van der Waals surface area contributed by atoms with E-state index < -0.39 is 0 Å². The van der Waals surface area contributed by atoms with E-state index in [9.17, 15) is 0 Å². The van der Waals surface area contributed by atoms with Crippen molar-refractivity contribution in [3.05, 3.63) is 75.6 Å². The lowest BCUT2D eigenvalue weighted by atomic mass is 10.1. The summed E-state index contributed by atoms with van der Waals surface area (Å²) in [6.45, 7) is 2.01. The van der Waals surface area contributed by atoms with E-state index in [4.69, 9.17) is 11.6 Å². The summed E-state index contributed by atoms with van der Waals surface area (Å²) in [5, 5.41) is 0.786.